The fourth-order valence-corrected chi connectivity index (χ4v) is 0.685. The van der Waals surface area contributed by atoms with E-state index in [4.69, 9.17) is 9.84 Å². The molecule has 11 heavy (non-hydrogen) atoms. The topological polar surface area (TPSA) is 55.2 Å². The van der Waals surface area contributed by atoms with Crippen molar-refractivity contribution >= 4 is 0 Å². The van der Waals surface area contributed by atoms with Gasteiger partial charge in [-0.25, -0.2) is 4.98 Å². The molecular formula is C7H10N2O2. The smallest absolute Gasteiger partial charge is 0.316 e. The molecule has 1 aromatic rings. The summed E-state index contributed by atoms with van der Waals surface area (Å²) in [5.74, 6) is 0. The molecular weight excluding hydrogens is 144 g/mol. The van der Waals surface area contributed by atoms with Crippen LogP contribution in [0.1, 0.15) is 18.7 Å². The van der Waals surface area contributed by atoms with Crippen LogP contribution in [0.3, 0.4) is 0 Å². The molecule has 4 nitrogen and oxygen atoms in total. The molecule has 1 rings (SSSR count). The summed E-state index contributed by atoms with van der Waals surface area (Å²) in [6.07, 6.45) is 0.973. The number of methoxy groups -OCH3 is 1. The molecule has 0 aromatic carbocycles. The molecule has 0 saturated carbocycles. The van der Waals surface area contributed by atoms with Gasteiger partial charge in [0.15, 0.2) is 0 Å². The lowest BCUT2D eigenvalue weighted by atomic mass is 10.3. The zero-order chi connectivity index (χ0) is 8.27. The largest absolute Gasteiger partial charge is 0.467 e. The first-order valence-corrected chi connectivity index (χ1v) is 3.29. The maximum Gasteiger partial charge on any atom is 0.316 e. The fraction of sp³-hybridized carbons (Fsp3) is 0.429. The highest BCUT2D eigenvalue weighted by Gasteiger charge is 2.03. The first-order valence-electron chi connectivity index (χ1n) is 3.29. The third-order valence-corrected chi connectivity index (χ3v) is 1.27. The summed E-state index contributed by atoms with van der Waals surface area (Å²) in [5, 5.41) is 9.10. The van der Waals surface area contributed by atoms with E-state index < -0.39 is 6.10 Å². The number of aliphatic hydroxyl groups is 1. The second-order valence-electron chi connectivity index (χ2n) is 2.14. The van der Waals surface area contributed by atoms with Crippen molar-refractivity contribution in [2.45, 2.75) is 13.0 Å². The number of aromatic nitrogens is 2. The summed E-state index contributed by atoms with van der Waals surface area (Å²) in [7, 11) is 1.49. The maximum atomic E-state index is 9.10. The Bertz CT molecular complexity index is 238. The van der Waals surface area contributed by atoms with Gasteiger partial charge in [0.25, 0.3) is 0 Å². The van der Waals surface area contributed by atoms with E-state index in [2.05, 4.69) is 9.97 Å². The average Bonchev–Trinajstić information content (AvgIpc) is 2.05. The minimum Gasteiger partial charge on any atom is -0.467 e. The van der Waals surface area contributed by atoms with Crippen molar-refractivity contribution in [3.8, 4) is 6.01 Å². The van der Waals surface area contributed by atoms with Crippen LogP contribution in [-0.4, -0.2) is 22.2 Å². The molecule has 0 bridgehead atoms. The molecule has 0 spiro atoms. The van der Waals surface area contributed by atoms with E-state index in [9.17, 15) is 0 Å². The Balaban J connectivity index is 2.91. The van der Waals surface area contributed by atoms with Gasteiger partial charge < -0.3 is 9.84 Å². The average molecular weight is 154 g/mol. The summed E-state index contributed by atoms with van der Waals surface area (Å²) in [4.78, 5) is 7.70. The predicted molar refractivity (Wildman–Crippen MR) is 39.2 cm³/mol. The van der Waals surface area contributed by atoms with Gasteiger partial charge in [0, 0.05) is 6.20 Å². The molecule has 0 aliphatic heterocycles. The van der Waals surface area contributed by atoms with Crippen molar-refractivity contribution < 1.29 is 9.84 Å². The zero-order valence-corrected chi connectivity index (χ0v) is 6.48. The van der Waals surface area contributed by atoms with E-state index in [1.807, 2.05) is 0 Å². The lowest BCUT2D eigenvalue weighted by Crippen LogP contribution is -1.98. The molecule has 1 unspecified atom stereocenters. The highest BCUT2D eigenvalue weighted by Crippen LogP contribution is 2.09. The summed E-state index contributed by atoms with van der Waals surface area (Å²) < 4.78 is 4.77. The molecule has 0 amide bonds. The van der Waals surface area contributed by atoms with Crippen molar-refractivity contribution in [1.29, 1.82) is 0 Å². The van der Waals surface area contributed by atoms with Crippen molar-refractivity contribution in [3.05, 3.63) is 18.0 Å². The maximum absolute atomic E-state index is 9.10. The first kappa shape index (κ1) is 7.94. The highest BCUT2D eigenvalue weighted by atomic mass is 16.5. The van der Waals surface area contributed by atoms with Crippen LogP contribution < -0.4 is 4.74 Å². The summed E-state index contributed by atoms with van der Waals surface area (Å²) in [5.41, 5.74) is 0.567. The Morgan fingerprint density at radius 3 is 2.91 bits per heavy atom. The Morgan fingerprint density at radius 2 is 2.36 bits per heavy atom. The number of aliphatic hydroxyl groups excluding tert-OH is 1. The molecule has 1 atom stereocenters. The van der Waals surface area contributed by atoms with Crippen LogP contribution in [0.2, 0.25) is 0 Å². The van der Waals surface area contributed by atoms with E-state index >= 15 is 0 Å². The van der Waals surface area contributed by atoms with Gasteiger partial charge in [-0.3, -0.25) is 0 Å². The molecule has 0 radical (unpaired) electrons. The molecule has 1 heterocycles. The number of nitrogens with zero attached hydrogens (tertiary/aromatic N) is 2. The van der Waals surface area contributed by atoms with Crippen LogP contribution in [0.15, 0.2) is 12.3 Å². The SMILES string of the molecule is COc1nccc(C(C)O)n1. The van der Waals surface area contributed by atoms with Gasteiger partial charge in [0.1, 0.15) is 0 Å². The number of hydrogen-bond donors (Lipinski definition) is 1. The third kappa shape index (κ3) is 1.88. The van der Waals surface area contributed by atoms with Gasteiger partial charge in [0.2, 0.25) is 0 Å². The number of hydrogen-bond acceptors (Lipinski definition) is 4. The van der Waals surface area contributed by atoms with Gasteiger partial charge in [-0.1, -0.05) is 0 Å². The van der Waals surface area contributed by atoms with Gasteiger partial charge in [-0.15, -0.1) is 0 Å². The van der Waals surface area contributed by atoms with Crippen molar-refractivity contribution in [1.82, 2.24) is 9.97 Å². The van der Waals surface area contributed by atoms with Crippen molar-refractivity contribution in [3.63, 3.8) is 0 Å². The number of ether oxygens (including phenoxy) is 1. The predicted octanol–water partition coefficient (Wildman–Crippen LogP) is 0.538. The van der Waals surface area contributed by atoms with Crippen LogP contribution in [0, 0.1) is 0 Å². The second kappa shape index (κ2) is 3.30. The summed E-state index contributed by atoms with van der Waals surface area (Å²) in [6.45, 7) is 1.64. The number of rotatable bonds is 2. The van der Waals surface area contributed by atoms with E-state index in [0.717, 1.165) is 0 Å². The zero-order valence-electron chi connectivity index (χ0n) is 6.48. The normalized spacial score (nSPS) is 12.6. The lowest BCUT2D eigenvalue weighted by Gasteiger charge is -2.03. The minimum atomic E-state index is -0.577. The minimum absolute atomic E-state index is 0.281. The monoisotopic (exact) mass is 154 g/mol. The Hall–Kier alpha value is -1.16. The van der Waals surface area contributed by atoms with Crippen LogP contribution >= 0.6 is 0 Å². The van der Waals surface area contributed by atoms with Crippen LogP contribution in [-0.2, 0) is 0 Å². The van der Waals surface area contributed by atoms with E-state index in [0.29, 0.717) is 5.69 Å². The first-order chi connectivity index (χ1) is 5.24. The molecule has 0 fully saturated rings. The Kier molecular flexibility index (Phi) is 2.38. The molecule has 0 aliphatic carbocycles. The lowest BCUT2D eigenvalue weighted by molar-refractivity contribution is 0.192. The van der Waals surface area contributed by atoms with Gasteiger partial charge in [0.05, 0.1) is 18.9 Å². The third-order valence-electron chi connectivity index (χ3n) is 1.27. The van der Waals surface area contributed by atoms with Gasteiger partial charge in [-0.2, -0.15) is 4.98 Å². The Labute approximate surface area is 64.9 Å². The molecule has 4 heteroatoms. The molecule has 1 aromatic heterocycles. The Morgan fingerprint density at radius 1 is 1.64 bits per heavy atom. The van der Waals surface area contributed by atoms with E-state index in [1.165, 1.54) is 7.11 Å². The van der Waals surface area contributed by atoms with Crippen LogP contribution in [0.4, 0.5) is 0 Å². The highest BCUT2D eigenvalue weighted by molar-refractivity contribution is 5.07. The van der Waals surface area contributed by atoms with Crippen LogP contribution in [0.25, 0.3) is 0 Å². The second-order valence-corrected chi connectivity index (χ2v) is 2.14. The van der Waals surface area contributed by atoms with Crippen LogP contribution in [0.5, 0.6) is 6.01 Å². The van der Waals surface area contributed by atoms with Gasteiger partial charge in [-0.05, 0) is 13.0 Å². The van der Waals surface area contributed by atoms with E-state index in [1.54, 1.807) is 19.2 Å². The fourth-order valence-electron chi connectivity index (χ4n) is 0.685. The molecule has 1 N–H and O–H groups in total. The quantitative estimate of drug-likeness (QED) is 0.675. The molecule has 60 valence electrons. The summed E-state index contributed by atoms with van der Waals surface area (Å²) in [6, 6.07) is 1.93. The van der Waals surface area contributed by atoms with Crippen molar-refractivity contribution in [2.75, 3.05) is 7.11 Å². The molecule has 0 saturated heterocycles. The van der Waals surface area contributed by atoms with Gasteiger partial charge >= 0.3 is 6.01 Å². The molecule has 0 aliphatic rings. The standard InChI is InChI=1S/C7H10N2O2/c1-5(10)6-3-4-8-7(9-6)11-2/h3-5,10H,1-2H3. The van der Waals surface area contributed by atoms with Crippen molar-refractivity contribution in [2.24, 2.45) is 0 Å². The summed E-state index contributed by atoms with van der Waals surface area (Å²) >= 11 is 0. The van der Waals surface area contributed by atoms with E-state index in [-0.39, 0.29) is 6.01 Å².